The predicted molar refractivity (Wildman–Crippen MR) is 59.7 cm³/mol. The molecule has 0 spiro atoms. The van der Waals surface area contributed by atoms with Gasteiger partial charge in [0.2, 0.25) is 0 Å². The van der Waals surface area contributed by atoms with Crippen LogP contribution in [0.25, 0.3) is 0 Å². The molecule has 0 radical (unpaired) electrons. The van der Waals surface area contributed by atoms with E-state index in [2.05, 4.69) is 0 Å². The summed E-state index contributed by atoms with van der Waals surface area (Å²) < 4.78 is 49.8. The van der Waals surface area contributed by atoms with Crippen LogP contribution in [0.1, 0.15) is 22.8 Å². The van der Waals surface area contributed by atoms with Gasteiger partial charge in [-0.15, -0.1) is 0 Å². The molecule has 0 aliphatic heterocycles. The van der Waals surface area contributed by atoms with Crippen LogP contribution in [0.2, 0.25) is 0 Å². The molecule has 0 aliphatic carbocycles. The molecule has 1 atom stereocenters. The van der Waals surface area contributed by atoms with E-state index in [1.54, 1.807) is 0 Å². The van der Waals surface area contributed by atoms with Gasteiger partial charge in [0.05, 0.1) is 5.56 Å². The van der Waals surface area contributed by atoms with Gasteiger partial charge in [0.25, 0.3) is 0 Å². The summed E-state index contributed by atoms with van der Waals surface area (Å²) in [6, 6.07) is 1.37. The molecule has 18 heavy (non-hydrogen) atoms. The van der Waals surface area contributed by atoms with E-state index >= 15 is 0 Å². The topological polar surface area (TPSA) is 97.5 Å². The first kappa shape index (κ1) is 14.5. The van der Waals surface area contributed by atoms with Crippen molar-refractivity contribution in [2.75, 3.05) is 6.26 Å². The number of rotatable bonds is 3. The average Bonchev–Trinajstić information content (AvgIpc) is 2.19. The van der Waals surface area contributed by atoms with Crippen LogP contribution in [0, 0.1) is 11.6 Å². The minimum atomic E-state index is -4.04. The fraction of sp³-hybridized carbons (Fsp3) is 0.300. The first-order valence-electron chi connectivity index (χ1n) is 4.70. The Morgan fingerprint density at radius 1 is 1.39 bits per heavy atom. The number of hydrogen-bond donors (Lipinski definition) is 2. The van der Waals surface area contributed by atoms with E-state index < -0.39 is 43.4 Å². The molecule has 1 aromatic rings. The van der Waals surface area contributed by atoms with Crippen molar-refractivity contribution in [3.05, 3.63) is 34.9 Å². The zero-order valence-corrected chi connectivity index (χ0v) is 10.4. The first-order chi connectivity index (χ1) is 8.00. The van der Waals surface area contributed by atoms with Crippen molar-refractivity contribution >= 4 is 15.8 Å². The molecule has 0 saturated heterocycles. The number of carboxylic acid groups (broad SMARTS) is 1. The zero-order chi connectivity index (χ0) is 14.3. The Hall–Kier alpha value is -1.54. The highest BCUT2D eigenvalue weighted by molar-refractivity contribution is 7.91. The summed E-state index contributed by atoms with van der Waals surface area (Å²) in [6.07, 6.45) is 0.711. The summed E-state index contributed by atoms with van der Waals surface area (Å²) in [6.45, 7) is 0.909. The van der Waals surface area contributed by atoms with Crippen molar-refractivity contribution < 1.29 is 27.1 Å². The molecule has 0 aromatic heterocycles. The van der Waals surface area contributed by atoms with Gasteiger partial charge in [-0.05, 0) is 19.1 Å². The summed E-state index contributed by atoms with van der Waals surface area (Å²) >= 11 is 0. The molecule has 5 nitrogen and oxygen atoms in total. The number of carbonyl (C=O) groups is 1. The SMILES string of the molecule is CC(N)(c1c(C(=O)O)ccc(F)c1F)S(C)(=O)=O. The van der Waals surface area contributed by atoms with Gasteiger partial charge >= 0.3 is 5.97 Å². The van der Waals surface area contributed by atoms with Crippen molar-refractivity contribution in [3.63, 3.8) is 0 Å². The van der Waals surface area contributed by atoms with Crippen LogP contribution in [0.5, 0.6) is 0 Å². The Morgan fingerprint density at radius 3 is 2.28 bits per heavy atom. The minimum absolute atomic E-state index is 0.598. The van der Waals surface area contributed by atoms with E-state index in [-0.39, 0.29) is 0 Å². The number of aromatic carboxylic acids is 1. The third kappa shape index (κ3) is 2.21. The highest BCUT2D eigenvalue weighted by atomic mass is 32.2. The third-order valence-electron chi connectivity index (χ3n) is 2.59. The van der Waals surface area contributed by atoms with Gasteiger partial charge in [0.1, 0.15) is 4.87 Å². The van der Waals surface area contributed by atoms with Gasteiger partial charge in [0.15, 0.2) is 21.5 Å². The second-order valence-electron chi connectivity index (χ2n) is 3.97. The maximum Gasteiger partial charge on any atom is 0.336 e. The van der Waals surface area contributed by atoms with Crippen molar-refractivity contribution in [1.29, 1.82) is 0 Å². The molecule has 100 valence electrons. The van der Waals surface area contributed by atoms with Crippen molar-refractivity contribution in [1.82, 2.24) is 0 Å². The van der Waals surface area contributed by atoms with Gasteiger partial charge in [-0.2, -0.15) is 0 Å². The minimum Gasteiger partial charge on any atom is -0.478 e. The Bertz CT molecular complexity index is 611. The van der Waals surface area contributed by atoms with Crippen LogP contribution in [0.15, 0.2) is 12.1 Å². The second-order valence-corrected chi connectivity index (χ2v) is 6.36. The van der Waals surface area contributed by atoms with Crippen LogP contribution >= 0.6 is 0 Å². The lowest BCUT2D eigenvalue weighted by Gasteiger charge is -2.25. The standard InChI is InChI=1S/C10H11F2NO4S/c1-10(13,18(2,16)17)7-5(9(14)15)3-4-6(11)8(7)12/h3-4H,13H2,1-2H3,(H,14,15). The third-order valence-corrected chi connectivity index (χ3v) is 4.34. The largest absolute Gasteiger partial charge is 0.478 e. The van der Waals surface area contributed by atoms with Gasteiger partial charge in [-0.3, -0.25) is 0 Å². The molecule has 0 amide bonds. The molecule has 1 rings (SSSR count). The molecule has 0 fully saturated rings. The monoisotopic (exact) mass is 279 g/mol. The number of hydrogen-bond acceptors (Lipinski definition) is 4. The molecule has 8 heteroatoms. The fourth-order valence-corrected chi connectivity index (χ4v) is 1.97. The highest BCUT2D eigenvalue weighted by Crippen LogP contribution is 2.30. The maximum absolute atomic E-state index is 13.7. The van der Waals surface area contributed by atoms with E-state index in [9.17, 15) is 22.0 Å². The summed E-state index contributed by atoms with van der Waals surface area (Å²) in [5.74, 6) is -4.54. The molecule has 3 N–H and O–H groups in total. The molecular formula is C10H11F2NO4S. The lowest BCUT2D eigenvalue weighted by molar-refractivity contribution is 0.0694. The van der Waals surface area contributed by atoms with Crippen LogP contribution in [0.3, 0.4) is 0 Å². The molecule has 0 heterocycles. The number of nitrogens with two attached hydrogens (primary N) is 1. The van der Waals surface area contributed by atoms with E-state index in [4.69, 9.17) is 10.8 Å². The molecular weight excluding hydrogens is 268 g/mol. The Kier molecular flexibility index (Phi) is 3.46. The summed E-state index contributed by atoms with van der Waals surface area (Å²) in [7, 11) is -4.04. The van der Waals surface area contributed by atoms with Gasteiger partial charge < -0.3 is 10.8 Å². The van der Waals surface area contributed by atoms with Crippen LogP contribution < -0.4 is 5.73 Å². The van der Waals surface area contributed by atoms with Crippen molar-refractivity contribution in [2.24, 2.45) is 5.73 Å². The number of benzene rings is 1. The number of sulfone groups is 1. The summed E-state index contributed by atoms with van der Waals surface area (Å²) in [4.78, 5) is 8.58. The van der Waals surface area contributed by atoms with Crippen LogP contribution in [-0.4, -0.2) is 25.7 Å². The smallest absolute Gasteiger partial charge is 0.336 e. The quantitative estimate of drug-likeness (QED) is 0.854. The summed E-state index contributed by atoms with van der Waals surface area (Å²) in [5, 5.41) is 8.87. The molecule has 0 aliphatic rings. The Labute approximate surface area is 102 Å². The van der Waals surface area contributed by atoms with Crippen molar-refractivity contribution in [3.8, 4) is 0 Å². The Morgan fingerprint density at radius 2 is 1.89 bits per heavy atom. The number of halogens is 2. The lowest BCUT2D eigenvalue weighted by Crippen LogP contribution is -2.43. The van der Waals surface area contributed by atoms with E-state index in [0.717, 1.165) is 13.0 Å². The predicted octanol–water partition coefficient (Wildman–Crippen LogP) is 0.839. The van der Waals surface area contributed by atoms with E-state index in [1.165, 1.54) is 0 Å². The average molecular weight is 279 g/mol. The lowest BCUT2D eigenvalue weighted by atomic mass is 10.0. The van der Waals surface area contributed by atoms with Gasteiger partial charge in [0, 0.05) is 11.8 Å². The molecule has 0 saturated carbocycles. The fourth-order valence-electron chi connectivity index (χ4n) is 1.40. The molecule has 1 aromatic carbocycles. The maximum atomic E-state index is 13.7. The van der Waals surface area contributed by atoms with Gasteiger partial charge in [-0.25, -0.2) is 22.0 Å². The van der Waals surface area contributed by atoms with Crippen LogP contribution in [0.4, 0.5) is 8.78 Å². The Balaban J connectivity index is 3.78. The van der Waals surface area contributed by atoms with E-state index in [0.29, 0.717) is 12.3 Å². The summed E-state index contributed by atoms with van der Waals surface area (Å²) in [5.41, 5.74) is 3.88. The zero-order valence-electron chi connectivity index (χ0n) is 9.57. The highest BCUT2D eigenvalue weighted by Gasteiger charge is 2.40. The molecule has 0 bridgehead atoms. The first-order valence-corrected chi connectivity index (χ1v) is 6.59. The van der Waals surface area contributed by atoms with Crippen LogP contribution in [-0.2, 0) is 14.7 Å². The van der Waals surface area contributed by atoms with E-state index in [1.807, 2.05) is 0 Å². The van der Waals surface area contributed by atoms with Gasteiger partial charge in [-0.1, -0.05) is 0 Å². The van der Waals surface area contributed by atoms with Crippen molar-refractivity contribution in [2.45, 2.75) is 11.8 Å². The molecule has 1 unspecified atom stereocenters. The normalized spacial score (nSPS) is 15.2. The second kappa shape index (κ2) is 4.29. The number of carboxylic acids is 1.